The van der Waals surface area contributed by atoms with E-state index in [0.29, 0.717) is 5.75 Å². The van der Waals surface area contributed by atoms with Crippen LogP contribution in [0.5, 0.6) is 5.75 Å². The summed E-state index contributed by atoms with van der Waals surface area (Å²) in [6.07, 6.45) is -5.71. The van der Waals surface area contributed by atoms with Crippen molar-refractivity contribution in [1.29, 1.82) is 0 Å². The number of benzene rings is 2. The van der Waals surface area contributed by atoms with E-state index in [2.05, 4.69) is 5.16 Å². The van der Waals surface area contributed by atoms with Gasteiger partial charge in [0.15, 0.2) is 29.0 Å². The molecule has 0 atom stereocenters. The van der Waals surface area contributed by atoms with Crippen LogP contribution in [0.25, 0.3) is 0 Å². The third-order valence-electron chi connectivity index (χ3n) is 4.70. The van der Waals surface area contributed by atoms with Gasteiger partial charge in [0.05, 0.1) is 5.56 Å². The van der Waals surface area contributed by atoms with Crippen molar-refractivity contribution in [2.24, 2.45) is 0 Å². The first-order chi connectivity index (χ1) is 15.3. The van der Waals surface area contributed by atoms with Gasteiger partial charge >= 0.3 is 6.18 Å². The van der Waals surface area contributed by atoms with E-state index in [4.69, 9.17) is 9.26 Å². The molecule has 0 spiro atoms. The molecule has 1 aromatic heterocycles. The number of hydrogen-bond acceptors (Lipinski definition) is 4. The van der Waals surface area contributed by atoms with Crippen molar-refractivity contribution in [3.8, 4) is 5.75 Å². The number of carbonyl (C=O) groups is 1. The lowest BCUT2D eigenvalue weighted by Crippen LogP contribution is -2.21. The molecule has 176 valence electrons. The predicted molar refractivity (Wildman–Crippen MR) is 101 cm³/mol. The maximum absolute atomic E-state index is 14.1. The molecule has 0 unspecified atom stereocenters. The Morgan fingerprint density at radius 2 is 1.64 bits per heavy atom. The summed E-state index contributed by atoms with van der Waals surface area (Å²) >= 11 is 0. The van der Waals surface area contributed by atoms with Gasteiger partial charge in [-0.25, -0.2) is 17.6 Å². The third-order valence-corrected chi connectivity index (χ3v) is 4.70. The van der Waals surface area contributed by atoms with Gasteiger partial charge < -0.3 is 14.6 Å². The summed E-state index contributed by atoms with van der Waals surface area (Å²) in [6, 6.07) is 5.35. The molecule has 0 bridgehead atoms. The second-order valence-electron chi connectivity index (χ2n) is 7.08. The van der Waals surface area contributed by atoms with Crippen molar-refractivity contribution >= 4 is 11.6 Å². The van der Waals surface area contributed by atoms with Gasteiger partial charge in [0.2, 0.25) is 0 Å². The number of alkyl halides is 3. The SMILES string of the molecule is Cc1ccc(C)c(OCc2c(C(=O)Nc3c(F)c(F)c(C(F)(F)F)c(F)c3F)noc2C)c1. The lowest BCUT2D eigenvalue weighted by atomic mass is 10.1. The van der Waals surface area contributed by atoms with Crippen LogP contribution in [0.15, 0.2) is 22.7 Å². The Labute approximate surface area is 182 Å². The van der Waals surface area contributed by atoms with Crippen LogP contribution in [0.1, 0.15) is 38.5 Å². The molecule has 1 amide bonds. The van der Waals surface area contributed by atoms with Crippen LogP contribution in [-0.4, -0.2) is 11.1 Å². The smallest absolute Gasteiger partial charge is 0.422 e. The molecular formula is C21H15F7N2O3. The van der Waals surface area contributed by atoms with Crippen LogP contribution in [0, 0.1) is 44.0 Å². The summed E-state index contributed by atoms with van der Waals surface area (Å²) in [4.78, 5) is 12.5. The molecule has 0 fully saturated rings. The normalized spacial score (nSPS) is 11.6. The van der Waals surface area contributed by atoms with Gasteiger partial charge in [0, 0.05) is 0 Å². The fraction of sp³-hybridized carbons (Fsp3) is 0.238. The minimum absolute atomic E-state index is 0.0436. The van der Waals surface area contributed by atoms with E-state index in [1.807, 2.05) is 13.0 Å². The van der Waals surface area contributed by atoms with E-state index >= 15 is 0 Å². The van der Waals surface area contributed by atoms with Gasteiger partial charge in [0.25, 0.3) is 5.91 Å². The lowest BCUT2D eigenvalue weighted by molar-refractivity contribution is -0.143. The summed E-state index contributed by atoms with van der Waals surface area (Å²) in [5.74, 6) is -11.1. The number of nitrogens with one attached hydrogen (secondary N) is 1. The number of anilines is 1. The Bertz CT molecular complexity index is 1210. The Kier molecular flexibility index (Phi) is 6.39. The molecule has 5 nitrogen and oxygen atoms in total. The van der Waals surface area contributed by atoms with Gasteiger partial charge in [-0.3, -0.25) is 4.79 Å². The number of halogens is 7. The molecule has 33 heavy (non-hydrogen) atoms. The van der Waals surface area contributed by atoms with E-state index in [1.165, 1.54) is 12.2 Å². The molecule has 1 heterocycles. The quantitative estimate of drug-likeness (QED) is 0.362. The molecule has 0 aliphatic heterocycles. The summed E-state index contributed by atoms with van der Waals surface area (Å²) in [6.45, 7) is 4.72. The first-order valence-corrected chi connectivity index (χ1v) is 9.22. The van der Waals surface area contributed by atoms with Gasteiger partial charge in [-0.15, -0.1) is 0 Å². The average Bonchev–Trinajstić information content (AvgIpc) is 3.10. The van der Waals surface area contributed by atoms with Crippen LogP contribution in [0.2, 0.25) is 0 Å². The number of aromatic nitrogens is 1. The molecule has 0 radical (unpaired) electrons. The maximum atomic E-state index is 14.1. The highest BCUT2D eigenvalue weighted by molar-refractivity contribution is 6.04. The molecule has 0 saturated carbocycles. The van der Waals surface area contributed by atoms with Crippen LogP contribution in [-0.2, 0) is 12.8 Å². The van der Waals surface area contributed by atoms with E-state index in [0.717, 1.165) is 11.1 Å². The van der Waals surface area contributed by atoms with Crippen molar-refractivity contribution in [2.75, 3.05) is 5.32 Å². The highest BCUT2D eigenvalue weighted by Crippen LogP contribution is 2.38. The van der Waals surface area contributed by atoms with Gasteiger partial charge in [-0.05, 0) is 38.0 Å². The van der Waals surface area contributed by atoms with Gasteiger partial charge in [0.1, 0.15) is 29.4 Å². The predicted octanol–water partition coefficient (Wildman–Crippen LogP) is 6.01. The van der Waals surface area contributed by atoms with Crippen LogP contribution >= 0.6 is 0 Å². The Morgan fingerprint density at radius 3 is 2.21 bits per heavy atom. The minimum Gasteiger partial charge on any atom is -0.488 e. The van der Waals surface area contributed by atoms with Crippen molar-refractivity contribution in [2.45, 2.75) is 33.6 Å². The topological polar surface area (TPSA) is 64.4 Å². The molecule has 1 N–H and O–H groups in total. The number of ether oxygens (including phenoxy) is 1. The Hall–Kier alpha value is -3.57. The molecule has 0 saturated heterocycles. The van der Waals surface area contributed by atoms with E-state index < -0.39 is 52.3 Å². The third kappa shape index (κ3) is 4.64. The van der Waals surface area contributed by atoms with Crippen molar-refractivity contribution in [3.63, 3.8) is 0 Å². The molecule has 2 aromatic carbocycles. The molecule has 0 aliphatic rings. The number of nitrogens with zero attached hydrogens (tertiary/aromatic N) is 1. The lowest BCUT2D eigenvalue weighted by Gasteiger charge is -2.14. The number of carbonyl (C=O) groups excluding carboxylic acids is 1. The van der Waals surface area contributed by atoms with E-state index in [9.17, 15) is 35.5 Å². The van der Waals surface area contributed by atoms with Crippen LogP contribution < -0.4 is 10.1 Å². The highest BCUT2D eigenvalue weighted by Gasteiger charge is 2.42. The fourth-order valence-electron chi connectivity index (χ4n) is 2.92. The molecule has 3 aromatic rings. The molecular weight excluding hydrogens is 461 g/mol. The first-order valence-electron chi connectivity index (χ1n) is 9.22. The van der Waals surface area contributed by atoms with Gasteiger partial charge in [-0.2, -0.15) is 13.2 Å². The average molecular weight is 476 g/mol. The highest BCUT2D eigenvalue weighted by atomic mass is 19.4. The van der Waals surface area contributed by atoms with Crippen molar-refractivity contribution < 1.29 is 44.8 Å². The monoisotopic (exact) mass is 476 g/mol. The van der Waals surface area contributed by atoms with Crippen LogP contribution in [0.3, 0.4) is 0 Å². The minimum atomic E-state index is -5.71. The van der Waals surface area contributed by atoms with E-state index in [1.54, 1.807) is 19.1 Å². The second-order valence-corrected chi connectivity index (χ2v) is 7.08. The number of amides is 1. The van der Waals surface area contributed by atoms with Crippen molar-refractivity contribution in [1.82, 2.24) is 5.16 Å². The molecule has 12 heteroatoms. The van der Waals surface area contributed by atoms with Crippen molar-refractivity contribution in [3.05, 3.63) is 75.2 Å². The Balaban J connectivity index is 1.92. The maximum Gasteiger partial charge on any atom is 0.422 e. The summed E-state index contributed by atoms with van der Waals surface area (Å²) in [5.41, 5.74) is -3.35. The van der Waals surface area contributed by atoms with Gasteiger partial charge in [-0.1, -0.05) is 17.3 Å². The number of hydrogen-bond donors (Lipinski definition) is 1. The number of aryl methyl sites for hydroxylation is 3. The molecule has 0 aliphatic carbocycles. The second kappa shape index (κ2) is 8.75. The van der Waals surface area contributed by atoms with Crippen LogP contribution in [0.4, 0.5) is 36.4 Å². The zero-order chi connectivity index (χ0) is 24.7. The zero-order valence-electron chi connectivity index (χ0n) is 17.3. The first kappa shape index (κ1) is 24.1. The Morgan fingerprint density at radius 1 is 1.03 bits per heavy atom. The standard InChI is InChI=1S/C21H15F7N2O3/c1-8-4-5-9(2)12(6-8)32-7-11-10(3)33-30-18(11)20(31)29-19-16(24)14(22)13(21(26,27)28)15(23)17(19)25/h4-6H,7H2,1-3H3,(H,29,31). The van der Waals surface area contributed by atoms with E-state index in [-0.39, 0.29) is 17.9 Å². The fourth-order valence-corrected chi connectivity index (χ4v) is 2.92. The summed E-state index contributed by atoms with van der Waals surface area (Å²) in [5, 5.41) is 4.96. The summed E-state index contributed by atoms with van der Waals surface area (Å²) < 4.78 is 105. The summed E-state index contributed by atoms with van der Waals surface area (Å²) in [7, 11) is 0. The molecule has 3 rings (SSSR count). The number of rotatable bonds is 5. The largest absolute Gasteiger partial charge is 0.488 e. The zero-order valence-corrected chi connectivity index (χ0v) is 17.3.